The minimum absolute atomic E-state index is 0.00542. The van der Waals surface area contributed by atoms with Crippen molar-refractivity contribution in [1.82, 2.24) is 5.32 Å². The summed E-state index contributed by atoms with van der Waals surface area (Å²) in [6.45, 7) is 3.50. The van der Waals surface area contributed by atoms with Gasteiger partial charge in [0, 0.05) is 5.92 Å². The minimum Gasteiger partial charge on any atom is -0.469 e. The maximum atomic E-state index is 11.2. The molecule has 1 amide bonds. The van der Waals surface area contributed by atoms with Gasteiger partial charge in [-0.15, -0.1) is 6.42 Å². The monoisotopic (exact) mass is 197 g/mol. The summed E-state index contributed by atoms with van der Waals surface area (Å²) < 4.78 is 4.44. The van der Waals surface area contributed by atoms with Crippen molar-refractivity contribution in [3.63, 3.8) is 0 Å². The number of carbonyl (C=O) groups excluding carboxylic acids is 2. The number of hydrogen-bond acceptors (Lipinski definition) is 3. The maximum absolute atomic E-state index is 11.2. The van der Waals surface area contributed by atoms with Gasteiger partial charge in [0.25, 0.3) is 0 Å². The fourth-order valence-corrected chi connectivity index (χ4v) is 0.740. The first-order valence-corrected chi connectivity index (χ1v) is 4.34. The van der Waals surface area contributed by atoms with Crippen LogP contribution in [0.4, 0.5) is 0 Å². The zero-order valence-electron chi connectivity index (χ0n) is 8.66. The van der Waals surface area contributed by atoms with E-state index in [0.717, 1.165) is 0 Å². The molecule has 0 aromatic rings. The molecule has 4 nitrogen and oxygen atoms in total. The predicted octanol–water partition coefficient (Wildman–Crippen LogP) is 0.323. The first-order valence-electron chi connectivity index (χ1n) is 4.34. The molecule has 0 spiro atoms. The summed E-state index contributed by atoms with van der Waals surface area (Å²) >= 11 is 0. The average molecular weight is 197 g/mol. The smallest absolute Gasteiger partial charge is 0.308 e. The van der Waals surface area contributed by atoms with E-state index in [9.17, 15) is 9.59 Å². The second-order valence-corrected chi connectivity index (χ2v) is 3.16. The highest BCUT2D eigenvalue weighted by Crippen LogP contribution is 1.97. The van der Waals surface area contributed by atoms with Crippen LogP contribution < -0.4 is 5.32 Å². The van der Waals surface area contributed by atoms with Crippen molar-refractivity contribution in [1.29, 1.82) is 0 Å². The van der Waals surface area contributed by atoms with E-state index in [-0.39, 0.29) is 18.2 Å². The van der Waals surface area contributed by atoms with Crippen molar-refractivity contribution in [3.8, 4) is 12.3 Å². The number of methoxy groups -OCH3 is 1. The lowest BCUT2D eigenvalue weighted by atomic mass is 10.1. The Bertz CT molecular complexity index is 253. The third kappa shape index (κ3) is 4.51. The number of carbonyl (C=O) groups is 2. The van der Waals surface area contributed by atoms with Gasteiger partial charge >= 0.3 is 5.97 Å². The molecule has 0 heterocycles. The summed E-state index contributed by atoms with van der Waals surface area (Å²) in [7, 11) is 1.28. The zero-order valence-corrected chi connectivity index (χ0v) is 8.66. The summed E-state index contributed by atoms with van der Waals surface area (Å²) in [4.78, 5) is 22.1. The van der Waals surface area contributed by atoms with E-state index in [1.807, 2.05) is 0 Å². The van der Waals surface area contributed by atoms with Crippen LogP contribution >= 0.6 is 0 Å². The van der Waals surface area contributed by atoms with Crippen molar-refractivity contribution in [2.45, 2.75) is 26.3 Å². The number of amides is 1. The molecule has 0 aliphatic carbocycles. The molecule has 0 radical (unpaired) electrons. The van der Waals surface area contributed by atoms with Crippen LogP contribution in [-0.4, -0.2) is 25.0 Å². The minimum atomic E-state index is -0.586. The highest BCUT2D eigenvalue weighted by atomic mass is 16.5. The molecule has 0 aromatic heterocycles. The van der Waals surface area contributed by atoms with Crippen molar-refractivity contribution in [2.24, 2.45) is 5.92 Å². The lowest BCUT2D eigenvalue weighted by molar-refractivity contribution is -0.141. The van der Waals surface area contributed by atoms with E-state index in [4.69, 9.17) is 6.42 Å². The summed E-state index contributed by atoms with van der Waals surface area (Å²) in [6, 6.07) is -0.586. The summed E-state index contributed by atoms with van der Waals surface area (Å²) in [5, 5.41) is 2.56. The quantitative estimate of drug-likeness (QED) is 0.521. The second kappa shape index (κ2) is 6.03. The van der Waals surface area contributed by atoms with Gasteiger partial charge in [-0.1, -0.05) is 19.8 Å². The molecule has 4 heteroatoms. The largest absolute Gasteiger partial charge is 0.469 e. The predicted molar refractivity (Wildman–Crippen MR) is 52.2 cm³/mol. The van der Waals surface area contributed by atoms with Crippen LogP contribution in [0.2, 0.25) is 0 Å². The van der Waals surface area contributed by atoms with Gasteiger partial charge in [-0.3, -0.25) is 9.59 Å². The molecule has 14 heavy (non-hydrogen) atoms. The summed E-state index contributed by atoms with van der Waals surface area (Å²) in [6.07, 6.45) is 5.16. The van der Waals surface area contributed by atoms with Crippen LogP contribution in [0.25, 0.3) is 0 Å². The number of terminal acetylenes is 1. The second-order valence-electron chi connectivity index (χ2n) is 3.16. The SMILES string of the molecule is C#C[C@H](CC(=O)OC)NC(=O)C(C)C. The van der Waals surface area contributed by atoms with Gasteiger partial charge in [0.15, 0.2) is 0 Å². The maximum Gasteiger partial charge on any atom is 0.308 e. The van der Waals surface area contributed by atoms with E-state index < -0.39 is 12.0 Å². The van der Waals surface area contributed by atoms with Crippen LogP contribution in [-0.2, 0) is 14.3 Å². The van der Waals surface area contributed by atoms with Gasteiger partial charge in [0.05, 0.1) is 13.5 Å². The molecule has 0 unspecified atom stereocenters. The fraction of sp³-hybridized carbons (Fsp3) is 0.600. The number of ether oxygens (including phenoxy) is 1. The van der Waals surface area contributed by atoms with Gasteiger partial charge in [0.1, 0.15) is 6.04 Å². The van der Waals surface area contributed by atoms with Crippen LogP contribution in [0.3, 0.4) is 0 Å². The third-order valence-corrected chi connectivity index (χ3v) is 1.64. The molecule has 1 atom stereocenters. The van der Waals surface area contributed by atoms with Crippen LogP contribution in [0.15, 0.2) is 0 Å². The Morgan fingerprint density at radius 2 is 2.07 bits per heavy atom. The highest BCUT2D eigenvalue weighted by molar-refractivity contribution is 5.79. The molecular formula is C10H15NO3. The van der Waals surface area contributed by atoms with Crippen molar-refractivity contribution in [3.05, 3.63) is 0 Å². The molecule has 78 valence electrons. The van der Waals surface area contributed by atoms with Gasteiger partial charge in [0.2, 0.25) is 5.91 Å². The molecule has 0 aliphatic heterocycles. The lowest BCUT2D eigenvalue weighted by Gasteiger charge is -2.13. The summed E-state index contributed by atoms with van der Waals surface area (Å²) in [5.41, 5.74) is 0. The Hall–Kier alpha value is -1.50. The van der Waals surface area contributed by atoms with Crippen LogP contribution in [0, 0.1) is 18.3 Å². The Morgan fingerprint density at radius 3 is 2.43 bits per heavy atom. The average Bonchev–Trinajstić information content (AvgIpc) is 2.16. The first kappa shape index (κ1) is 12.5. The van der Waals surface area contributed by atoms with Crippen molar-refractivity contribution in [2.75, 3.05) is 7.11 Å². The van der Waals surface area contributed by atoms with E-state index >= 15 is 0 Å². The van der Waals surface area contributed by atoms with Crippen molar-refractivity contribution < 1.29 is 14.3 Å². The zero-order chi connectivity index (χ0) is 11.1. The van der Waals surface area contributed by atoms with E-state index in [2.05, 4.69) is 16.0 Å². The molecular weight excluding hydrogens is 182 g/mol. The number of esters is 1. The highest BCUT2D eigenvalue weighted by Gasteiger charge is 2.15. The standard InChI is InChI=1S/C10H15NO3/c1-5-8(6-9(12)14-4)11-10(13)7(2)3/h1,7-8H,6H2,2-4H3,(H,11,13)/t8-/m1/s1. The molecule has 0 aliphatic rings. The lowest BCUT2D eigenvalue weighted by Crippen LogP contribution is -2.38. The molecule has 0 fully saturated rings. The van der Waals surface area contributed by atoms with E-state index in [1.54, 1.807) is 13.8 Å². The van der Waals surface area contributed by atoms with Crippen molar-refractivity contribution >= 4 is 11.9 Å². The van der Waals surface area contributed by atoms with Gasteiger partial charge < -0.3 is 10.1 Å². The van der Waals surface area contributed by atoms with Crippen LogP contribution in [0.1, 0.15) is 20.3 Å². The number of rotatable bonds is 4. The summed E-state index contributed by atoms with van der Waals surface area (Å²) in [5.74, 6) is 1.57. The molecule has 0 bridgehead atoms. The number of nitrogens with one attached hydrogen (secondary N) is 1. The Kier molecular flexibility index (Phi) is 5.38. The number of hydrogen-bond donors (Lipinski definition) is 1. The van der Waals surface area contributed by atoms with E-state index in [0.29, 0.717) is 0 Å². The van der Waals surface area contributed by atoms with Gasteiger partial charge in [-0.05, 0) is 0 Å². The Balaban J connectivity index is 4.12. The fourth-order valence-electron chi connectivity index (χ4n) is 0.740. The Morgan fingerprint density at radius 1 is 1.50 bits per heavy atom. The van der Waals surface area contributed by atoms with Gasteiger partial charge in [-0.2, -0.15) is 0 Å². The molecule has 0 saturated carbocycles. The molecule has 0 saturated heterocycles. The molecule has 0 rings (SSSR count). The van der Waals surface area contributed by atoms with Crippen LogP contribution in [0.5, 0.6) is 0 Å². The first-order chi connectivity index (χ1) is 6.51. The topological polar surface area (TPSA) is 55.4 Å². The normalized spacial score (nSPS) is 11.6. The molecule has 1 N–H and O–H groups in total. The van der Waals surface area contributed by atoms with E-state index in [1.165, 1.54) is 7.11 Å². The third-order valence-electron chi connectivity index (χ3n) is 1.64. The van der Waals surface area contributed by atoms with Gasteiger partial charge in [-0.25, -0.2) is 0 Å². The molecule has 0 aromatic carbocycles. The Labute approximate surface area is 84.0 Å².